The predicted octanol–water partition coefficient (Wildman–Crippen LogP) is 1.21. The fraction of sp³-hybridized carbons (Fsp3) is 0.889. The van der Waals surface area contributed by atoms with Crippen molar-refractivity contribution in [1.29, 1.82) is 0 Å². The standard InChI is InChI=1S/C9H20N2OS.ClH/c1-9(2,6-10)7-11(3)8(12)5-13-4;/h5-7,10H2,1-4H3;1H. The minimum absolute atomic E-state index is 0. The molecular formula is C9H21ClN2OS. The van der Waals surface area contributed by atoms with Crippen molar-refractivity contribution in [3.05, 3.63) is 0 Å². The Morgan fingerprint density at radius 1 is 1.50 bits per heavy atom. The third-order valence-corrected chi connectivity index (χ3v) is 2.45. The SMILES string of the molecule is CSCC(=O)N(C)CC(C)(C)CN.Cl. The number of nitrogens with zero attached hydrogens (tertiary/aromatic N) is 1. The Morgan fingerprint density at radius 3 is 2.36 bits per heavy atom. The molecule has 0 unspecified atom stereocenters. The van der Waals surface area contributed by atoms with Gasteiger partial charge in [0, 0.05) is 13.6 Å². The van der Waals surface area contributed by atoms with Crippen LogP contribution < -0.4 is 5.73 Å². The first-order valence-corrected chi connectivity index (χ1v) is 5.75. The van der Waals surface area contributed by atoms with Crippen LogP contribution in [0.3, 0.4) is 0 Å². The van der Waals surface area contributed by atoms with Gasteiger partial charge in [-0.2, -0.15) is 11.8 Å². The first-order valence-electron chi connectivity index (χ1n) is 4.36. The van der Waals surface area contributed by atoms with E-state index >= 15 is 0 Å². The summed E-state index contributed by atoms with van der Waals surface area (Å²) in [4.78, 5) is 13.2. The second kappa shape index (κ2) is 7.37. The number of amides is 1. The molecule has 2 N–H and O–H groups in total. The van der Waals surface area contributed by atoms with Crippen molar-refractivity contribution in [3.63, 3.8) is 0 Å². The Balaban J connectivity index is 0. The number of carbonyl (C=O) groups is 1. The molecule has 0 aliphatic rings. The molecule has 0 saturated carbocycles. The van der Waals surface area contributed by atoms with Gasteiger partial charge in [0.05, 0.1) is 5.75 Å². The van der Waals surface area contributed by atoms with Crippen LogP contribution in [0.2, 0.25) is 0 Å². The van der Waals surface area contributed by atoms with Crippen molar-refractivity contribution in [2.24, 2.45) is 11.1 Å². The van der Waals surface area contributed by atoms with E-state index in [1.165, 1.54) is 0 Å². The Hall–Kier alpha value is 0.0700. The van der Waals surface area contributed by atoms with Crippen molar-refractivity contribution < 1.29 is 4.79 Å². The lowest BCUT2D eigenvalue weighted by molar-refractivity contribution is -0.128. The highest BCUT2D eigenvalue weighted by Crippen LogP contribution is 2.14. The van der Waals surface area contributed by atoms with Crippen molar-refractivity contribution in [3.8, 4) is 0 Å². The molecule has 0 rings (SSSR count). The topological polar surface area (TPSA) is 46.3 Å². The van der Waals surface area contributed by atoms with E-state index in [9.17, 15) is 4.79 Å². The van der Waals surface area contributed by atoms with Crippen LogP contribution in [0.15, 0.2) is 0 Å². The maximum absolute atomic E-state index is 11.4. The summed E-state index contributed by atoms with van der Waals surface area (Å²) in [7, 11) is 1.83. The van der Waals surface area contributed by atoms with E-state index in [1.54, 1.807) is 16.7 Å². The van der Waals surface area contributed by atoms with Gasteiger partial charge in [-0.05, 0) is 18.2 Å². The maximum Gasteiger partial charge on any atom is 0.232 e. The van der Waals surface area contributed by atoms with E-state index in [2.05, 4.69) is 13.8 Å². The highest BCUT2D eigenvalue weighted by atomic mass is 35.5. The molecule has 0 fully saturated rings. The van der Waals surface area contributed by atoms with Gasteiger partial charge in [0.25, 0.3) is 0 Å². The van der Waals surface area contributed by atoms with Crippen LogP contribution in [0, 0.1) is 5.41 Å². The molecule has 0 bridgehead atoms. The van der Waals surface area contributed by atoms with Gasteiger partial charge < -0.3 is 10.6 Å². The molecule has 0 atom stereocenters. The lowest BCUT2D eigenvalue weighted by atomic mass is 9.93. The van der Waals surface area contributed by atoms with Crippen LogP contribution in [0.5, 0.6) is 0 Å². The second-order valence-electron chi connectivity index (χ2n) is 4.05. The second-order valence-corrected chi connectivity index (χ2v) is 4.92. The summed E-state index contributed by atoms with van der Waals surface area (Å²) >= 11 is 1.55. The molecule has 0 heterocycles. The molecule has 0 aliphatic carbocycles. The molecule has 0 aliphatic heterocycles. The minimum atomic E-state index is 0. The van der Waals surface area contributed by atoms with Crippen LogP contribution in [0.4, 0.5) is 0 Å². The highest BCUT2D eigenvalue weighted by Gasteiger charge is 2.20. The lowest BCUT2D eigenvalue weighted by Gasteiger charge is -2.28. The number of halogens is 1. The molecule has 3 nitrogen and oxygen atoms in total. The van der Waals surface area contributed by atoms with E-state index in [0.29, 0.717) is 12.3 Å². The average molecular weight is 241 g/mol. The smallest absolute Gasteiger partial charge is 0.232 e. The van der Waals surface area contributed by atoms with Gasteiger partial charge in [0.15, 0.2) is 0 Å². The molecule has 86 valence electrons. The molecule has 0 radical (unpaired) electrons. The summed E-state index contributed by atoms with van der Waals surface area (Å²) < 4.78 is 0. The van der Waals surface area contributed by atoms with Crippen LogP contribution in [0.1, 0.15) is 13.8 Å². The minimum Gasteiger partial charge on any atom is -0.344 e. The largest absolute Gasteiger partial charge is 0.344 e. The Morgan fingerprint density at radius 2 is 2.00 bits per heavy atom. The number of thioether (sulfide) groups is 1. The zero-order valence-electron chi connectivity index (χ0n) is 9.37. The Labute approximate surface area is 97.2 Å². The quantitative estimate of drug-likeness (QED) is 0.786. The average Bonchev–Trinajstić information content (AvgIpc) is 2.04. The third-order valence-electron chi connectivity index (χ3n) is 1.91. The van der Waals surface area contributed by atoms with Gasteiger partial charge in [-0.25, -0.2) is 0 Å². The third kappa shape index (κ3) is 6.51. The van der Waals surface area contributed by atoms with Crippen molar-refractivity contribution in [2.45, 2.75) is 13.8 Å². The Bertz CT molecular complexity index is 176. The van der Waals surface area contributed by atoms with Gasteiger partial charge >= 0.3 is 0 Å². The first kappa shape index (κ1) is 16.5. The van der Waals surface area contributed by atoms with Gasteiger partial charge in [-0.15, -0.1) is 12.4 Å². The molecule has 14 heavy (non-hydrogen) atoms. The first-order chi connectivity index (χ1) is 5.93. The number of carbonyl (C=O) groups excluding carboxylic acids is 1. The molecule has 0 aromatic carbocycles. The fourth-order valence-corrected chi connectivity index (χ4v) is 1.50. The number of hydrogen-bond acceptors (Lipinski definition) is 3. The lowest BCUT2D eigenvalue weighted by Crippen LogP contribution is -2.40. The van der Waals surface area contributed by atoms with Crippen LogP contribution in [0.25, 0.3) is 0 Å². The molecule has 0 aromatic rings. The van der Waals surface area contributed by atoms with E-state index in [0.717, 1.165) is 6.54 Å². The summed E-state index contributed by atoms with van der Waals surface area (Å²) in [5.74, 6) is 0.728. The molecule has 0 spiro atoms. The van der Waals surface area contributed by atoms with Gasteiger partial charge in [-0.1, -0.05) is 13.8 Å². The summed E-state index contributed by atoms with van der Waals surface area (Å²) in [6.07, 6.45) is 1.93. The molecular weight excluding hydrogens is 220 g/mol. The Kier molecular flexibility index (Phi) is 8.69. The van der Waals surface area contributed by atoms with Crippen LogP contribution in [-0.2, 0) is 4.79 Å². The van der Waals surface area contributed by atoms with E-state index in [-0.39, 0.29) is 23.7 Å². The van der Waals surface area contributed by atoms with Crippen LogP contribution in [-0.4, -0.2) is 43.0 Å². The molecule has 5 heteroatoms. The molecule has 1 amide bonds. The molecule has 0 saturated heterocycles. The number of rotatable bonds is 5. The maximum atomic E-state index is 11.4. The summed E-state index contributed by atoms with van der Waals surface area (Å²) in [5.41, 5.74) is 5.60. The zero-order valence-corrected chi connectivity index (χ0v) is 11.0. The van der Waals surface area contributed by atoms with E-state index in [4.69, 9.17) is 5.73 Å². The normalized spacial score (nSPS) is 10.6. The van der Waals surface area contributed by atoms with E-state index in [1.807, 2.05) is 13.3 Å². The van der Waals surface area contributed by atoms with Gasteiger partial charge in [0.2, 0.25) is 5.91 Å². The van der Waals surface area contributed by atoms with Crippen molar-refractivity contribution in [1.82, 2.24) is 4.90 Å². The number of hydrogen-bond donors (Lipinski definition) is 1. The van der Waals surface area contributed by atoms with E-state index < -0.39 is 0 Å². The molecule has 0 aromatic heterocycles. The fourth-order valence-electron chi connectivity index (χ4n) is 1.03. The zero-order chi connectivity index (χ0) is 10.5. The summed E-state index contributed by atoms with van der Waals surface area (Å²) in [6, 6.07) is 0. The monoisotopic (exact) mass is 240 g/mol. The number of nitrogens with two attached hydrogens (primary N) is 1. The van der Waals surface area contributed by atoms with Crippen LogP contribution >= 0.6 is 24.2 Å². The summed E-state index contributed by atoms with van der Waals surface area (Å²) in [6.45, 7) is 5.46. The predicted molar refractivity (Wildman–Crippen MR) is 66.1 cm³/mol. The van der Waals surface area contributed by atoms with Crippen molar-refractivity contribution in [2.75, 3.05) is 32.1 Å². The highest BCUT2D eigenvalue weighted by molar-refractivity contribution is 7.99. The van der Waals surface area contributed by atoms with Gasteiger partial charge in [-0.3, -0.25) is 4.79 Å². The van der Waals surface area contributed by atoms with Gasteiger partial charge in [0.1, 0.15) is 0 Å². The summed E-state index contributed by atoms with van der Waals surface area (Å²) in [5, 5.41) is 0. The van der Waals surface area contributed by atoms with Crippen molar-refractivity contribution >= 4 is 30.1 Å².